The number of thiazole rings is 1. The van der Waals surface area contributed by atoms with Gasteiger partial charge in [-0.2, -0.15) is 0 Å². The number of hydrogen-bond donors (Lipinski definition) is 2. The normalized spacial score (nSPS) is 16.8. The average Bonchev–Trinajstić information content (AvgIpc) is 3.36. The van der Waals surface area contributed by atoms with Crippen molar-refractivity contribution in [1.82, 2.24) is 14.9 Å². The summed E-state index contributed by atoms with van der Waals surface area (Å²) >= 11 is 1.63. The highest BCUT2D eigenvalue weighted by atomic mass is 32.1. The zero-order chi connectivity index (χ0) is 20.3. The van der Waals surface area contributed by atoms with E-state index in [9.17, 15) is 5.11 Å². The molecular formula is C23H22N4O2S. The van der Waals surface area contributed by atoms with Crippen LogP contribution in [0.2, 0.25) is 0 Å². The van der Waals surface area contributed by atoms with Gasteiger partial charge in [-0.15, -0.1) is 0 Å². The number of nitrogens with zero attached hydrogens (tertiary/aromatic N) is 3. The van der Waals surface area contributed by atoms with Crippen LogP contribution in [0.4, 0.5) is 10.8 Å². The summed E-state index contributed by atoms with van der Waals surface area (Å²) in [4.78, 5) is 11.2. The molecular weight excluding hydrogens is 396 g/mol. The van der Waals surface area contributed by atoms with E-state index in [0.717, 1.165) is 51.9 Å². The van der Waals surface area contributed by atoms with E-state index in [-0.39, 0.29) is 6.10 Å². The average molecular weight is 419 g/mol. The van der Waals surface area contributed by atoms with Crippen molar-refractivity contribution in [3.63, 3.8) is 0 Å². The number of ether oxygens (including phenoxy) is 1. The van der Waals surface area contributed by atoms with Gasteiger partial charge in [-0.25, -0.2) is 9.97 Å². The van der Waals surface area contributed by atoms with Crippen molar-refractivity contribution in [3.05, 3.63) is 72.4 Å². The fraction of sp³-hybridized carbons (Fsp3) is 0.217. The molecule has 0 spiro atoms. The van der Waals surface area contributed by atoms with E-state index in [1.54, 1.807) is 17.5 Å². The lowest BCUT2D eigenvalue weighted by molar-refractivity contribution is 0.174. The van der Waals surface area contributed by atoms with E-state index in [1.807, 2.05) is 54.6 Å². The third-order valence-corrected chi connectivity index (χ3v) is 6.06. The van der Waals surface area contributed by atoms with Crippen LogP contribution in [-0.4, -0.2) is 39.2 Å². The standard InChI is InChI=1S/C23H22N4O2S/c28-18-11-13-27(15-18)14-16-4-3-12-24-22(16)29-19-9-7-17(8-10-19)25-23-26-20-5-1-2-6-21(20)30-23/h1-10,12,18,28H,11,13-15H2,(H,25,26). The lowest BCUT2D eigenvalue weighted by Gasteiger charge is -2.17. The largest absolute Gasteiger partial charge is 0.439 e. The van der Waals surface area contributed by atoms with Crippen LogP contribution in [0.15, 0.2) is 66.9 Å². The summed E-state index contributed by atoms with van der Waals surface area (Å²) in [6.07, 6.45) is 2.32. The van der Waals surface area contributed by atoms with Crippen molar-refractivity contribution in [2.24, 2.45) is 0 Å². The van der Waals surface area contributed by atoms with Crippen LogP contribution in [0.5, 0.6) is 11.6 Å². The second-order valence-corrected chi connectivity index (χ2v) is 8.41. The summed E-state index contributed by atoms with van der Waals surface area (Å²) in [5, 5.41) is 14.0. The smallest absolute Gasteiger partial charge is 0.223 e. The predicted octanol–water partition coefficient (Wildman–Crippen LogP) is 4.79. The Kier molecular flexibility index (Phi) is 5.31. The number of para-hydroxylation sites is 1. The van der Waals surface area contributed by atoms with Crippen molar-refractivity contribution in [3.8, 4) is 11.6 Å². The minimum atomic E-state index is -0.235. The summed E-state index contributed by atoms with van der Waals surface area (Å²) in [5.41, 5.74) is 2.97. The minimum absolute atomic E-state index is 0.235. The second kappa shape index (κ2) is 8.39. The zero-order valence-corrected chi connectivity index (χ0v) is 17.2. The van der Waals surface area contributed by atoms with E-state index in [4.69, 9.17) is 4.74 Å². The first-order valence-electron chi connectivity index (χ1n) is 9.98. The number of anilines is 2. The van der Waals surface area contributed by atoms with Crippen LogP contribution in [0.1, 0.15) is 12.0 Å². The molecule has 1 aliphatic heterocycles. The lowest BCUT2D eigenvalue weighted by atomic mass is 10.2. The number of aliphatic hydroxyl groups excluding tert-OH is 1. The molecule has 0 amide bonds. The second-order valence-electron chi connectivity index (χ2n) is 7.38. The number of nitrogens with one attached hydrogen (secondary N) is 1. The molecule has 30 heavy (non-hydrogen) atoms. The molecule has 3 heterocycles. The highest BCUT2D eigenvalue weighted by Crippen LogP contribution is 2.30. The van der Waals surface area contributed by atoms with Crippen molar-refractivity contribution in [2.45, 2.75) is 19.1 Å². The molecule has 1 saturated heterocycles. The van der Waals surface area contributed by atoms with Crippen LogP contribution >= 0.6 is 11.3 Å². The predicted molar refractivity (Wildman–Crippen MR) is 120 cm³/mol. The number of hydrogen-bond acceptors (Lipinski definition) is 7. The van der Waals surface area contributed by atoms with Crippen LogP contribution in [-0.2, 0) is 6.54 Å². The highest BCUT2D eigenvalue weighted by molar-refractivity contribution is 7.22. The number of likely N-dealkylation sites (tertiary alicyclic amines) is 1. The molecule has 1 aliphatic rings. The molecule has 0 aliphatic carbocycles. The van der Waals surface area contributed by atoms with Gasteiger partial charge in [0, 0.05) is 37.1 Å². The van der Waals surface area contributed by atoms with Crippen LogP contribution < -0.4 is 10.1 Å². The zero-order valence-electron chi connectivity index (χ0n) is 16.4. The summed E-state index contributed by atoms with van der Waals surface area (Å²) in [7, 11) is 0. The van der Waals surface area contributed by atoms with Gasteiger partial charge in [0.2, 0.25) is 5.88 Å². The van der Waals surface area contributed by atoms with E-state index >= 15 is 0 Å². The molecule has 5 rings (SSSR count). The van der Waals surface area contributed by atoms with Gasteiger partial charge < -0.3 is 15.2 Å². The lowest BCUT2D eigenvalue weighted by Crippen LogP contribution is -2.21. The molecule has 152 valence electrons. The molecule has 0 radical (unpaired) electrons. The minimum Gasteiger partial charge on any atom is -0.439 e. The molecule has 4 aromatic rings. The molecule has 1 unspecified atom stereocenters. The number of rotatable bonds is 6. The Balaban J connectivity index is 1.27. The third-order valence-electron chi connectivity index (χ3n) is 5.11. The summed E-state index contributed by atoms with van der Waals surface area (Å²) in [6, 6.07) is 19.8. The monoisotopic (exact) mass is 418 g/mol. The van der Waals surface area contributed by atoms with Gasteiger partial charge in [-0.1, -0.05) is 29.5 Å². The number of pyridine rings is 1. The Morgan fingerprint density at radius 3 is 2.77 bits per heavy atom. The maximum Gasteiger partial charge on any atom is 0.223 e. The first-order valence-corrected chi connectivity index (χ1v) is 10.8. The first kappa shape index (κ1) is 19.0. The highest BCUT2D eigenvalue weighted by Gasteiger charge is 2.21. The number of aromatic nitrogens is 2. The molecule has 6 nitrogen and oxygen atoms in total. The van der Waals surface area contributed by atoms with Crippen LogP contribution in [0.25, 0.3) is 10.2 Å². The van der Waals surface area contributed by atoms with E-state index in [1.165, 1.54) is 0 Å². The van der Waals surface area contributed by atoms with Gasteiger partial charge in [0.15, 0.2) is 5.13 Å². The number of aliphatic hydroxyl groups is 1. The SMILES string of the molecule is OC1CCN(Cc2cccnc2Oc2ccc(Nc3nc4ccccc4s3)cc2)C1. The molecule has 7 heteroatoms. The molecule has 2 aromatic carbocycles. The Labute approximate surface area is 178 Å². The van der Waals surface area contributed by atoms with Gasteiger partial charge in [-0.3, -0.25) is 4.90 Å². The summed E-state index contributed by atoms with van der Waals surface area (Å²) in [5.74, 6) is 1.33. The molecule has 0 saturated carbocycles. The number of benzene rings is 2. The molecule has 1 fully saturated rings. The quantitative estimate of drug-likeness (QED) is 0.469. The van der Waals surface area contributed by atoms with Crippen molar-refractivity contribution in [1.29, 1.82) is 0 Å². The maximum absolute atomic E-state index is 9.76. The van der Waals surface area contributed by atoms with Crippen LogP contribution in [0.3, 0.4) is 0 Å². The van der Waals surface area contributed by atoms with Crippen molar-refractivity contribution in [2.75, 3.05) is 18.4 Å². The van der Waals surface area contributed by atoms with Gasteiger partial charge >= 0.3 is 0 Å². The fourth-order valence-electron chi connectivity index (χ4n) is 3.60. The topological polar surface area (TPSA) is 70.5 Å². The fourth-order valence-corrected chi connectivity index (χ4v) is 4.49. The van der Waals surface area contributed by atoms with Gasteiger partial charge in [0.25, 0.3) is 0 Å². The van der Waals surface area contributed by atoms with Crippen LogP contribution in [0, 0.1) is 0 Å². The Morgan fingerprint density at radius 2 is 1.97 bits per heavy atom. The van der Waals surface area contributed by atoms with Gasteiger partial charge in [0.05, 0.1) is 16.3 Å². The van der Waals surface area contributed by atoms with E-state index in [2.05, 4.69) is 26.3 Å². The van der Waals surface area contributed by atoms with E-state index in [0.29, 0.717) is 12.4 Å². The third kappa shape index (κ3) is 4.28. The summed E-state index contributed by atoms with van der Waals surface area (Å²) < 4.78 is 7.22. The molecule has 1 atom stereocenters. The van der Waals surface area contributed by atoms with Crippen molar-refractivity contribution < 1.29 is 9.84 Å². The summed E-state index contributed by atoms with van der Waals surface area (Å²) in [6.45, 7) is 2.31. The first-order chi connectivity index (χ1) is 14.7. The molecule has 2 N–H and O–H groups in total. The Hall–Kier alpha value is -3.00. The maximum atomic E-state index is 9.76. The Morgan fingerprint density at radius 1 is 1.10 bits per heavy atom. The Bertz CT molecular complexity index is 1110. The molecule has 2 aromatic heterocycles. The van der Waals surface area contributed by atoms with E-state index < -0.39 is 0 Å². The van der Waals surface area contributed by atoms with Gasteiger partial charge in [-0.05, 0) is 48.9 Å². The number of fused-ring (bicyclic) bond motifs is 1. The van der Waals surface area contributed by atoms with Gasteiger partial charge in [0.1, 0.15) is 5.75 Å². The van der Waals surface area contributed by atoms with Crippen molar-refractivity contribution >= 4 is 32.4 Å². The number of β-amino-alcohol motifs (C(OH)–C–C–N with tert-alkyl or cyclic N) is 1. The molecule has 0 bridgehead atoms.